The van der Waals surface area contributed by atoms with Crippen LogP contribution < -0.4 is 10.6 Å². The van der Waals surface area contributed by atoms with Crippen molar-refractivity contribution in [1.29, 1.82) is 0 Å². The minimum atomic E-state index is -3.68. The third-order valence-corrected chi connectivity index (χ3v) is 9.09. The van der Waals surface area contributed by atoms with Gasteiger partial charge in [0.1, 0.15) is 0 Å². The van der Waals surface area contributed by atoms with E-state index in [0.29, 0.717) is 35.8 Å². The number of para-hydroxylation sites is 1. The highest BCUT2D eigenvalue weighted by molar-refractivity contribution is 7.89. The fraction of sp³-hybridized carbons (Fsp3) is 0.481. The average molecular weight is 498 g/mol. The molecule has 0 spiro atoms. The summed E-state index contributed by atoms with van der Waals surface area (Å²) in [7, 11) is -3.68. The first-order valence-corrected chi connectivity index (χ1v) is 14.0. The second-order valence-corrected chi connectivity index (χ2v) is 11.8. The summed E-state index contributed by atoms with van der Waals surface area (Å²) in [6.45, 7) is 4.88. The van der Waals surface area contributed by atoms with Gasteiger partial charge in [-0.05, 0) is 68.4 Å². The van der Waals surface area contributed by atoms with Crippen molar-refractivity contribution in [2.75, 3.05) is 18.4 Å². The predicted molar refractivity (Wildman–Crippen MR) is 137 cm³/mol. The summed E-state index contributed by atoms with van der Waals surface area (Å²) in [6.07, 6.45) is 7.02. The normalized spacial score (nSPS) is 18.2. The van der Waals surface area contributed by atoms with E-state index >= 15 is 0 Å². The molecule has 0 radical (unpaired) electrons. The highest BCUT2D eigenvalue weighted by Gasteiger charge is 2.29. The molecule has 4 rings (SSSR count). The molecule has 188 valence electrons. The lowest BCUT2D eigenvalue weighted by Gasteiger charge is -2.29. The minimum Gasteiger partial charge on any atom is -0.349 e. The molecule has 2 aliphatic rings. The van der Waals surface area contributed by atoms with E-state index in [2.05, 4.69) is 17.6 Å². The maximum Gasteiger partial charge on any atom is 0.255 e. The van der Waals surface area contributed by atoms with Crippen molar-refractivity contribution >= 4 is 27.5 Å². The van der Waals surface area contributed by atoms with Crippen molar-refractivity contribution in [3.8, 4) is 0 Å². The Morgan fingerprint density at radius 1 is 0.886 bits per heavy atom. The van der Waals surface area contributed by atoms with Crippen molar-refractivity contribution in [3.63, 3.8) is 0 Å². The first-order chi connectivity index (χ1) is 16.8. The van der Waals surface area contributed by atoms with Crippen LogP contribution in [0, 0.1) is 12.8 Å². The fourth-order valence-electron chi connectivity index (χ4n) is 4.87. The molecule has 1 saturated carbocycles. The van der Waals surface area contributed by atoms with Crippen LogP contribution in [0.15, 0.2) is 47.4 Å². The Balaban J connectivity index is 1.53. The highest BCUT2D eigenvalue weighted by Crippen LogP contribution is 2.26. The van der Waals surface area contributed by atoms with E-state index in [4.69, 9.17) is 0 Å². The second kappa shape index (κ2) is 10.9. The largest absolute Gasteiger partial charge is 0.349 e. The standard InChI is InChI=1S/C27H35N3O4S/c1-19-14-16-30(17-15-19)35(33,34)22-13-12-20(2)24(18-22)27(32)29-25-11-7-6-10-23(25)26(31)28-21-8-4-3-5-9-21/h6-7,10-13,18-19,21H,3-5,8-9,14-17H2,1-2H3,(H,28,31)(H,29,32). The molecule has 7 nitrogen and oxygen atoms in total. The van der Waals surface area contributed by atoms with E-state index in [9.17, 15) is 18.0 Å². The van der Waals surface area contributed by atoms with Crippen LogP contribution in [0.3, 0.4) is 0 Å². The van der Waals surface area contributed by atoms with Crippen LogP contribution in [0.4, 0.5) is 5.69 Å². The number of amides is 2. The monoisotopic (exact) mass is 497 g/mol. The van der Waals surface area contributed by atoms with Crippen molar-refractivity contribution in [1.82, 2.24) is 9.62 Å². The lowest BCUT2D eigenvalue weighted by atomic mass is 9.95. The van der Waals surface area contributed by atoms with Crippen molar-refractivity contribution in [2.24, 2.45) is 5.92 Å². The molecule has 8 heteroatoms. The van der Waals surface area contributed by atoms with Crippen LogP contribution in [0.25, 0.3) is 0 Å². The number of benzene rings is 2. The SMILES string of the molecule is Cc1ccc(S(=O)(=O)N2CCC(C)CC2)cc1C(=O)Nc1ccccc1C(=O)NC1CCCCC1. The summed E-state index contributed by atoms with van der Waals surface area (Å²) in [5.41, 5.74) is 1.75. The Hall–Kier alpha value is -2.71. The molecule has 0 atom stereocenters. The number of hydrogen-bond acceptors (Lipinski definition) is 4. The zero-order valence-electron chi connectivity index (χ0n) is 20.5. The topological polar surface area (TPSA) is 95.6 Å². The summed E-state index contributed by atoms with van der Waals surface area (Å²) in [5, 5.41) is 5.93. The molecule has 0 bridgehead atoms. The van der Waals surface area contributed by atoms with Gasteiger partial charge in [0.25, 0.3) is 11.8 Å². The lowest BCUT2D eigenvalue weighted by molar-refractivity contribution is 0.0928. The third kappa shape index (κ3) is 5.93. The molecule has 2 aromatic carbocycles. The molecule has 0 aromatic heterocycles. The van der Waals surface area contributed by atoms with E-state index in [1.807, 2.05) is 0 Å². The number of carbonyl (C=O) groups excluding carboxylic acids is 2. The Morgan fingerprint density at radius 3 is 2.29 bits per heavy atom. The quantitative estimate of drug-likeness (QED) is 0.603. The second-order valence-electron chi connectivity index (χ2n) is 9.87. The zero-order chi connectivity index (χ0) is 25.0. The Kier molecular flexibility index (Phi) is 7.91. The van der Waals surface area contributed by atoms with Gasteiger partial charge in [-0.25, -0.2) is 8.42 Å². The zero-order valence-corrected chi connectivity index (χ0v) is 21.4. The van der Waals surface area contributed by atoms with E-state index in [1.54, 1.807) is 43.3 Å². The number of nitrogens with zero attached hydrogens (tertiary/aromatic N) is 1. The molecule has 35 heavy (non-hydrogen) atoms. The molecular weight excluding hydrogens is 462 g/mol. The van der Waals surface area contributed by atoms with E-state index in [0.717, 1.165) is 38.5 Å². The summed E-state index contributed by atoms with van der Waals surface area (Å²) in [5.74, 6) is -0.138. The molecule has 1 aliphatic carbocycles. The van der Waals surface area contributed by atoms with Crippen LogP contribution in [-0.4, -0.2) is 43.7 Å². The van der Waals surface area contributed by atoms with Gasteiger partial charge in [0, 0.05) is 24.7 Å². The van der Waals surface area contributed by atoms with Gasteiger partial charge in [0.2, 0.25) is 10.0 Å². The van der Waals surface area contributed by atoms with E-state index in [-0.39, 0.29) is 22.4 Å². The number of aryl methyl sites for hydroxylation is 1. The van der Waals surface area contributed by atoms with Gasteiger partial charge in [0.15, 0.2) is 0 Å². The number of piperidine rings is 1. The van der Waals surface area contributed by atoms with Crippen molar-refractivity contribution in [2.45, 2.75) is 69.7 Å². The molecule has 0 unspecified atom stereocenters. The minimum absolute atomic E-state index is 0.117. The summed E-state index contributed by atoms with van der Waals surface area (Å²) in [4.78, 5) is 26.3. The Morgan fingerprint density at radius 2 is 1.57 bits per heavy atom. The molecule has 1 aliphatic heterocycles. The molecule has 1 heterocycles. The Bertz CT molecular complexity index is 1180. The average Bonchev–Trinajstić information content (AvgIpc) is 2.85. The number of rotatable bonds is 6. The van der Waals surface area contributed by atoms with Gasteiger partial charge >= 0.3 is 0 Å². The smallest absolute Gasteiger partial charge is 0.255 e. The van der Waals surface area contributed by atoms with Gasteiger partial charge in [-0.2, -0.15) is 4.31 Å². The molecule has 2 amide bonds. The summed E-state index contributed by atoms with van der Waals surface area (Å²) in [6, 6.07) is 11.7. The number of sulfonamides is 1. The maximum atomic E-state index is 13.2. The van der Waals surface area contributed by atoms with E-state index < -0.39 is 15.9 Å². The first-order valence-electron chi connectivity index (χ1n) is 12.6. The van der Waals surface area contributed by atoms with Crippen molar-refractivity contribution < 1.29 is 18.0 Å². The highest BCUT2D eigenvalue weighted by atomic mass is 32.2. The number of hydrogen-bond donors (Lipinski definition) is 2. The van der Waals surface area contributed by atoms with Gasteiger partial charge in [-0.3, -0.25) is 9.59 Å². The predicted octanol–water partition coefficient (Wildman–Crippen LogP) is 4.73. The van der Waals surface area contributed by atoms with Gasteiger partial charge in [-0.15, -0.1) is 0 Å². The molecule has 1 saturated heterocycles. The van der Waals surface area contributed by atoms with Gasteiger partial charge in [0.05, 0.1) is 16.1 Å². The van der Waals surface area contributed by atoms with Crippen LogP contribution in [-0.2, 0) is 10.0 Å². The van der Waals surface area contributed by atoms with E-state index in [1.165, 1.54) is 16.8 Å². The van der Waals surface area contributed by atoms with Crippen LogP contribution >= 0.6 is 0 Å². The Labute approximate surface area is 208 Å². The van der Waals surface area contributed by atoms with Gasteiger partial charge in [-0.1, -0.05) is 44.4 Å². The molecule has 2 fully saturated rings. The molecular formula is C27H35N3O4S. The van der Waals surface area contributed by atoms with Gasteiger partial charge < -0.3 is 10.6 Å². The number of nitrogens with one attached hydrogen (secondary N) is 2. The number of carbonyl (C=O) groups is 2. The first kappa shape index (κ1) is 25.4. The van der Waals surface area contributed by atoms with Crippen LogP contribution in [0.5, 0.6) is 0 Å². The fourth-order valence-corrected chi connectivity index (χ4v) is 6.37. The van der Waals surface area contributed by atoms with Crippen LogP contribution in [0.2, 0.25) is 0 Å². The molecule has 2 aromatic rings. The molecule has 2 N–H and O–H groups in total. The third-order valence-electron chi connectivity index (χ3n) is 7.19. The van der Waals surface area contributed by atoms with Crippen LogP contribution in [0.1, 0.15) is 78.1 Å². The summed E-state index contributed by atoms with van der Waals surface area (Å²) >= 11 is 0. The number of anilines is 1. The summed E-state index contributed by atoms with van der Waals surface area (Å²) < 4.78 is 27.9. The van der Waals surface area contributed by atoms with Crippen molar-refractivity contribution in [3.05, 3.63) is 59.2 Å². The maximum absolute atomic E-state index is 13.2. The lowest BCUT2D eigenvalue weighted by Crippen LogP contribution is -2.38.